The highest BCUT2D eigenvalue weighted by Gasteiger charge is 2.25. The lowest BCUT2D eigenvalue weighted by Crippen LogP contribution is -2.32. The average Bonchev–Trinajstić information content (AvgIpc) is 2.96. The van der Waals surface area contributed by atoms with Gasteiger partial charge in [0.1, 0.15) is 11.3 Å². The van der Waals surface area contributed by atoms with Crippen LogP contribution in [0.1, 0.15) is 27.8 Å². The maximum absolute atomic E-state index is 12.9. The highest BCUT2D eigenvalue weighted by Crippen LogP contribution is 2.34. The third-order valence-electron chi connectivity index (χ3n) is 4.73. The minimum atomic E-state index is -0.0329. The van der Waals surface area contributed by atoms with Crippen LogP contribution >= 0.6 is 11.8 Å². The summed E-state index contributed by atoms with van der Waals surface area (Å²) in [4.78, 5) is 14.8. The minimum Gasteiger partial charge on any atom is -0.497 e. The Morgan fingerprint density at radius 3 is 2.81 bits per heavy atom. The second kappa shape index (κ2) is 7.46. The van der Waals surface area contributed by atoms with Crippen LogP contribution < -0.4 is 4.74 Å². The maximum atomic E-state index is 12.9. The molecule has 2 heterocycles. The van der Waals surface area contributed by atoms with Crippen LogP contribution in [0.25, 0.3) is 11.0 Å². The first-order valence-corrected chi connectivity index (χ1v) is 9.83. The topological polar surface area (TPSA) is 42.7 Å². The Morgan fingerprint density at radius 2 is 2.00 bits per heavy atom. The van der Waals surface area contributed by atoms with Gasteiger partial charge in [-0.25, -0.2) is 0 Å². The predicted molar refractivity (Wildman–Crippen MR) is 105 cm³/mol. The molecule has 1 atom stereocenters. The smallest absolute Gasteiger partial charge is 0.289 e. The number of methoxy groups -OCH3 is 1. The Bertz CT molecular complexity index is 906. The molecule has 0 radical (unpaired) electrons. The molecule has 1 fully saturated rings. The van der Waals surface area contributed by atoms with Crippen LogP contribution in [0.4, 0.5) is 0 Å². The molecule has 1 aliphatic rings. The van der Waals surface area contributed by atoms with Crippen molar-refractivity contribution in [2.45, 2.75) is 11.7 Å². The Labute approximate surface area is 157 Å². The number of rotatable bonds is 3. The average molecular weight is 367 g/mol. The molecule has 1 amide bonds. The normalized spacial score (nSPS) is 17.9. The van der Waals surface area contributed by atoms with Crippen molar-refractivity contribution in [3.05, 3.63) is 65.9 Å². The molecular formula is C21H21NO3S. The summed E-state index contributed by atoms with van der Waals surface area (Å²) in [7, 11) is 1.63. The van der Waals surface area contributed by atoms with E-state index in [0.29, 0.717) is 16.6 Å². The van der Waals surface area contributed by atoms with Gasteiger partial charge in [-0.15, -0.1) is 0 Å². The van der Waals surface area contributed by atoms with E-state index in [9.17, 15) is 4.79 Å². The molecule has 4 nitrogen and oxygen atoms in total. The van der Waals surface area contributed by atoms with E-state index >= 15 is 0 Å². The molecule has 0 N–H and O–H groups in total. The van der Waals surface area contributed by atoms with E-state index < -0.39 is 0 Å². The number of carbonyl (C=O) groups excluding carboxylic acids is 1. The SMILES string of the molecule is COc1ccc2oc(C(=O)N3CCS[C@@H](c4ccccc4)CC3)cc2c1. The molecule has 0 spiro atoms. The van der Waals surface area contributed by atoms with Crippen LogP contribution in [0, 0.1) is 0 Å². The van der Waals surface area contributed by atoms with Gasteiger partial charge >= 0.3 is 0 Å². The summed E-state index contributed by atoms with van der Waals surface area (Å²) >= 11 is 1.92. The zero-order valence-electron chi connectivity index (χ0n) is 14.7. The number of hydrogen-bond acceptors (Lipinski definition) is 4. The highest BCUT2D eigenvalue weighted by molar-refractivity contribution is 7.99. The second-order valence-electron chi connectivity index (χ2n) is 6.37. The monoisotopic (exact) mass is 367 g/mol. The number of hydrogen-bond donors (Lipinski definition) is 0. The second-order valence-corrected chi connectivity index (χ2v) is 7.68. The standard InChI is InChI=1S/C21H21NO3S/c1-24-17-7-8-18-16(13-17)14-19(25-18)21(23)22-10-9-20(26-12-11-22)15-5-3-2-4-6-15/h2-8,13-14,20H,9-12H2,1H3/t20-/m1/s1. The third-order valence-corrected chi connectivity index (χ3v) is 6.06. The van der Waals surface area contributed by atoms with Crippen molar-refractivity contribution in [3.63, 3.8) is 0 Å². The molecule has 134 valence electrons. The van der Waals surface area contributed by atoms with Gasteiger partial charge in [-0.05, 0) is 36.2 Å². The van der Waals surface area contributed by atoms with Gasteiger partial charge < -0.3 is 14.1 Å². The maximum Gasteiger partial charge on any atom is 0.289 e. The van der Waals surface area contributed by atoms with Crippen molar-refractivity contribution in [1.82, 2.24) is 4.90 Å². The van der Waals surface area contributed by atoms with Gasteiger partial charge in [0.15, 0.2) is 5.76 Å². The van der Waals surface area contributed by atoms with Crippen molar-refractivity contribution >= 4 is 28.6 Å². The van der Waals surface area contributed by atoms with E-state index in [1.807, 2.05) is 47.0 Å². The molecule has 4 rings (SSSR count). The van der Waals surface area contributed by atoms with E-state index in [2.05, 4.69) is 24.3 Å². The number of benzene rings is 2. The molecule has 1 saturated heterocycles. The molecule has 1 aromatic heterocycles. The van der Waals surface area contributed by atoms with Gasteiger partial charge in [0.2, 0.25) is 0 Å². The first-order chi connectivity index (χ1) is 12.7. The lowest BCUT2D eigenvalue weighted by molar-refractivity contribution is 0.0737. The number of ether oxygens (including phenoxy) is 1. The Kier molecular flexibility index (Phi) is 4.89. The number of furan rings is 1. The van der Waals surface area contributed by atoms with Gasteiger partial charge in [0.05, 0.1) is 7.11 Å². The lowest BCUT2D eigenvalue weighted by atomic mass is 10.1. The van der Waals surface area contributed by atoms with Gasteiger partial charge in [0, 0.05) is 29.5 Å². The van der Waals surface area contributed by atoms with Gasteiger partial charge in [-0.2, -0.15) is 11.8 Å². The molecule has 2 aromatic carbocycles. The largest absolute Gasteiger partial charge is 0.497 e. The van der Waals surface area contributed by atoms with Crippen molar-refractivity contribution in [3.8, 4) is 5.75 Å². The fourth-order valence-electron chi connectivity index (χ4n) is 3.32. The fraction of sp³-hybridized carbons (Fsp3) is 0.286. The zero-order chi connectivity index (χ0) is 17.9. The number of amides is 1. The van der Waals surface area contributed by atoms with Crippen molar-refractivity contribution < 1.29 is 13.9 Å². The molecule has 0 aliphatic carbocycles. The lowest BCUT2D eigenvalue weighted by Gasteiger charge is -2.19. The Morgan fingerprint density at radius 1 is 1.15 bits per heavy atom. The van der Waals surface area contributed by atoms with Crippen molar-refractivity contribution in [2.24, 2.45) is 0 Å². The van der Waals surface area contributed by atoms with Gasteiger partial charge in [0.25, 0.3) is 5.91 Å². The molecule has 5 heteroatoms. The van der Waals surface area contributed by atoms with Crippen molar-refractivity contribution in [1.29, 1.82) is 0 Å². The summed E-state index contributed by atoms with van der Waals surface area (Å²) in [5.41, 5.74) is 2.04. The Hall–Kier alpha value is -2.40. The fourth-order valence-corrected chi connectivity index (χ4v) is 4.55. The van der Waals surface area contributed by atoms with Crippen LogP contribution in [0.2, 0.25) is 0 Å². The summed E-state index contributed by atoms with van der Waals surface area (Å²) in [6.45, 7) is 1.49. The zero-order valence-corrected chi connectivity index (χ0v) is 15.5. The van der Waals surface area contributed by atoms with Gasteiger partial charge in [-0.1, -0.05) is 30.3 Å². The molecule has 26 heavy (non-hydrogen) atoms. The van der Waals surface area contributed by atoms with E-state index in [0.717, 1.165) is 36.4 Å². The summed E-state index contributed by atoms with van der Waals surface area (Å²) in [5, 5.41) is 1.33. The van der Waals surface area contributed by atoms with Crippen LogP contribution in [0.15, 0.2) is 59.0 Å². The quantitative estimate of drug-likeness (QED) is 0.669. The number of carbonyl (C=O) groups is 1. The Balaban J connectivity index is 1.50. The highest BCUT2D eigenvalue weighted by atomic mass is 32.2. The molecule has 3 aromatic rings. The molecule has 0 unspecified atom stereocenters. The summed E-state index contributed by atoms with van der Waals surface area (Å²) in [5.74, 6) is 2.05. The van der Waals surface area contributed by atoms with Crippen LogP contribution in [-0.4, -0.2) is 36.8 Å². The van der Waals surface area contributed by atoms with Crippen molar-refractivity contribution in [2.75, 3.05) is 26.0 Å². The first-order valence-electron chi connectivity index (χ1n) is 8.78. The van der Waals surface area contributed by atoms with Gasteiger partial charge in [-0.3, -0.25) is 4.79 Å². The van der Waals surface area contributed by atoms with Crippen LogP contribution in [0.3, 0.4) is 0 Å². The molecular weight excluding hydrogens is 346 g/mol. The van der Waals surface area contributed by atoms with Crippen LogP contribution in [0.5, 0.6) is 5.75 Å². The van der Waals surface area contributed by atoms with E-state index in [1.54, 1.807) is 7.11 Å². The molecule has 0 saturated carbocycles. The molecule has 1 aliphatic heterocycles. The number of fused-ring (bicyclic) bond motifs is 1. The summed E-state index contributed by atoms with van der Waals surface area (Å²) < 4.78 is 11.0. The number of nitrogens with zero attached hydrogens (tertiary/aromatic N) is 1. The van der Waals surface area contributed by atoms with E-state index in [4.69, 9.17) is 9.15 Å². The third kappa shape index (κ3) is 3.44. The first kappa shape index (κ1) is 17.0. The summed E-state index contributed by atoms with van der Waals surface area (Å²) in [6, 6.07) is 17.9. The van der Waals surface area contributed by atoms with E-state index in [-0.39, 0.29) is 5.91 Å². The summed E-state index contributed by atoms with van der Waals surface area (Å²) in [6.07, 6.45) is 0.953. The predicted octanol–water partition coefficient (Wildman–Crippen LogP) is 4.76. The van der Waals surface area contributed by atoms with E-state index in [1.165, 1.54) is 5.56 Å². The molecule has 0 bridgehead atoms. The minimum absolute atomic E-state index is 0.0329. The number of thioether (sulfide) groups is 1. The van der Waals surface area contributed by atoms with Crippen LogP contribution in [-0.2, 0) is 0 Å².